The molecule has 2 rings (SSSR count). The lowest BCUT2D eigenvalue weighted by Gasteiger charge is -2.20. The van der Waals surface area contributed by atoms with Crippen LogP contribution in [-0.4, -0.2) is 13.7 Å². The molecule has 0 amide bonds. The maximum atomic E-state index is 6.04. The van der Waals surface area contributed by atoms with Gasteiger partial charge in [-0.3, -0.25) is 0 Å². The van der Waals surface area contributed by atoms with Gasteiger partial charge in [0.15, 0.2) is 0 Å². The van der Waals surface area contributed by atoms with Gasteiger partial charge in [0.05, 0.1) is 13.2 Å². The Bertz CT molecular complexity index is 321. The van der Waals surface area contributed by atoms with Gasteiger partial charge in [0.25, 0.3) is 0 Å². The normalized spacial score (nSPS) is 22.4. The molecule has 1 aliphatic rings. The number of hydrogen-bond donors (Lipinski definition) is 0. The number of rotatable bonds is 2. The smallest absolute Gasteiger partial charge is 0.118 e. The van der Waals surface area contributed by atoms with Gasteiger partial charge in [-0.15, -0.1) is 0 Å². The lowest BCUT2D eigenvalue weighted by molar-refractivity contribution is 0.0400. The van der Waals surface area contributed by atoms with Crippen molar-refractivity contribution in [3.63, 3.8) is 0 Å². The van der Waals surface area contributed by atoms with Gasteiger partial charge in [0.2, 0.25) is 0 Å². The zero-order valence-corrected chi connectivity index (χ0v) is 11.4. The van der Waals surface area contributed by atoms with E-state index in [1.807, 2.05) is 12.1 Å². The van der Waals surface area contributed by atoms with E-state index in [1.165, 1.54) is 44.1 Å². The quantitative estimate of drug-likeness (QED) is 0.767. The number of ether oxygens (including phenoxy) is 2. The van der Waals surface area contributed by atoms with Crippen molar-refractivity contribution in [2.24, 2.45) is 0 Å². The van der Waals surface area contributed by atoms with Gasteiger partial charge in [0.1, 0.15) is 5.75 Å². The third-order valence-corrected chi connectivity index (χ3v) is 3.67. The molecule has 1 atom stereocenters. The predicted molar refractivity (Wildman–Crippen MR) is 74.0 cm³/mol. The van der Waals surface area contributed by atoms with E-state index in [9.17, 15) is 0 Å². The van der Waals surface area contributed by atoms with Gasteiger partial charge in [0, 0.05) is 6.61 Å². The maximum Gasteiger partial charge on any atom is 0.118 e. The molecule has 100 valence electrons. The summed E-state index contributed by atoms with van der Waals surface area (Å²) in [4.78, 5) is 0. The average molecular weight is 248 g/mol. The summed E-state index contributed by atoms with van der Waals surface area (Å²) in [5.74, 6) is 0.915. The van der Waals surface area contributed by atoms with Crippen molar-refractivity contribution in [2.75, 3.05) is 13.7 Å². The second-order valence-electron chi connectivity index (χ2n) is 5.04. The lowest BCUT2D eigenvalue weighted by atomic mass is 10.0. The highest BCUT2D eigenvalue weighted by Gasteiger charge is 2.12. The van der Waals surface area contributed by atoms with Crippen molar-refractivity contribution in [1.82, 2.24) is 0 Å². The van der Waals surface area contributed by atoms with Crippen LogP contribution in [0.15, 0.2) is 24.3 Å². The molecule has 2 heteroatoms. The molecule has 1 aromatic carbocycles. The van der Waals surface area contributed by atoms with Crippen LogP contribution in [-0.2, 0) is 4.74 Å². The van der Waals surface area contributed by atoms with Crippen molar-refractivity contribution >= 4 is 0 Å². The summed E-state index contributed by atoms with van der Waals surface area (Å²) in [6.07, 6.45) is 9.31. The molecule has 1 aromatic rings. The van der Waals surface area contributed by atoms with E-state index in [-0.39, 0.29) is 6.10 Å². The van der Waals surface area contributed by atoms with Crippen molar-refractivity contribution in [1.29, 1.82) is 0 Å². The molecule has 0 bridgehead atoms. The summed E-state index contributed by atoms with van der Waals surface area (Å²) < 4.78 is 11.2. The summed E-state index contributed by atoms with van der Waals surface area (Å²) in [6.45, 7) is 0.899. The first-order chi connectivity index (χ1) is 8.90. The Morgan fingerprint density at radius 1 is 0.944 bits per heavy atom. The largest absolute Gasteiger partial charge is 0.497 e. The fourth-order valence-corrected chi connectivity index (χ4v) is 2.53. The molecule has 1 fully saturated rings. The minimum Gasteiger partial charge on any atom is -0.497 e. The zero-order chi connectivity index (χ0) is 12.6. The van der Waals surface area contributed by atoms with E-state index in [1.54, 1.807) is 7.11 Å². The van der Waals surface area contributed by atoms with Gasteiger partial charge < -0.3 is 9.47 Å². The van der Waals surface area contributed by atoms with Crippen LogP contribution in [0.2, 0.25) is 0 Å². The Morgan fingerprint density at radius 3 is 2.33 bits per heavy atom. The summed E-state index contributed by atoms with van der Waals surface area (Å²) in [6, 6.07) is 8.32. The first kappa shape index (κ1) is 13.4. The number of hydrogen-bond acceptors (Lipinski definition) is 2. The first-order valence-corrected chi connectivity index (χ1v) is 7.16. The van der Waals surface area contributed by atoms with Crippen LogP contribution in [0.25, 0.3) is 0 Å². The fourth-order valence-electron chi connectivity index (χ4n) is 2.53. The second-order valence-corrected chi connectivity index (χ2v) is 5.04. The highest BCUT2D eigenvalue weighted by Crippen LogP contribution is 2.27. The van der Waals surface area contributed by atoms with Gasteiger partial charge in [-0.05, 0) is 30.5 Å². The van der Waals surface area contributed by atoms with Crippen LogP contribution in [0, 0.1) is 0 Å². The number of methoxy groups -OCH3 is 1. The van der Waals surface area contributed by atoms with Crippen molar-refractivity contribution in [3.05, 3.63) is 29.8 Å². The predicted octanol–water partition coefficient (Wildman–Crippen LogP) is 4.50. The van der Waals surface area contributed by atoms with E-state index in [2.05, 4.69) is 12.1 Å². The van der Waals surface area contributed by atoms with Gasteiger partial charge in [-0.25, -0.2) is 0 Å². The molecule has 0 saturated carbocycles. The van der Waals surface area contributed by atoms with E-state index in [4.69, 9.17) is 9.47 Å². The molecule has 1 saturated heterocycles. The Morgan fingerprint density at radius 2 is 1.61 bits per heavy atom. The van der Waals surface area contributed by atoms with Crippen LogP contribution >= 0.6 is 0 Å². The molecule has 18 heavy (non-hydrogen) atoms. The van der Waals surface area contributed by atoms with Crippen molar-refractivity contribution in [3.8, 4) is 5.75 Å². The topological polar surface area (TPSA) is 18.5 Å². The van der Waals surface area contributed by atoms with E-state index in [0.717, 1.165) is 18.8 Å². The fraction of sp³-hybridized carbons (Fsp3) is 0.625. The zero-order valence-electron chi connectivity index (χ0n) is 11.4. The van der Waals surface area contributed by atoms with Crippen molar-refractivity contribution < 1.29 is 9.47 Å². The minimum atomic E-state index is 0.272. The van der Waals surface area contributed by atoms with Crippen molar-refractivity contribution in [2.45, 2.75) is 51.0 Å². The molecule has 0 aromatic heterocycles. The molecule has 0 unspecified atom stereocenters. The molecule has 0 spiro atoms. The third-order valence-electron chi connectivity index (χ3n) is 3.67. The molecule has 2 nitrogen and oxygen atoms in total. The Kier molecular flexibility index (Phi) is 5.53. The van der Waals surface area contributed by atoms with E-state index in [0.29, 0.717) is 0 Å². The van der Waals surface area contributed by atoms with E-state index < -0.39 is 0 Å². The molecular formula is C16H24O2. The van der Waals surface area contributed by atoms with Gasteiger partial charge in [-0.2, -0.15) is 0 Å². The Labute approximate surface area is 110 Å². The molecule has 0 radical (unpaired) electrons. The van der Waals surface area contributed by atoms with Crippen LogP contribution in [0.5, 0.6) is 5.75 Å². The summed E-state index contributed by atoms with van der Waals surface area (Å²) in [5, 5.41) is 0. The average Bonchev–Trinajstić information content (AvgIpc) is 2.45. The third kappa shape index (κ3) is 4.02. The van der Waals surface area contributed by atoms with Crippen LogP contribution in [0.1, 0.15) is 56.6 Å². The minimum absolute atomic E-state index is 0.272. The van der Waals surface area contributed by atoms with Crippen LogP contribution in [0.4, 0.5) is 0 Å². The standard InChI is InChI=1S/C16H24O2/c1-17-15-11-9-14(10-12-15)16-8-6-4-2-3-5-7-13-18-16/h9-12,16H,2-8,13H2,1H3/t16-/m0/s1. The Hall–Kier alpha value is -1.02. The summed E-state index contributed by atoms with van der Waals surface area (Å²) >= 11 is 0. The lowest BCUT2D eigenvalue weighted by Crippen LogP contribution is -2.07. The van der Waals surface area contributed by atoms with Crippen LogP contribution in [0.3, 0.4) is 0 Å². The summed E-state index contributed by atoms with van der Waals surface area (Å²) in [7, 11) is 1.70. The van der Waals surface area contributed by atoms with Crippen LogP contribution < -0.4 is 4.74 Å². The monoisotopic (exact) mass is 248 g/mol. The second kappa shape index (κ2) is 7.42. The highest BCUT2D eigenvalue weighted by atomic mass is 16.5. The maximum absolute atomic E-state index is 6.04. The van der Waals surface area contributed by atoms with E-state index >= 15 is 0 Å². The first-order valence-electron chi connectivity index (χ1n) is 7.16. The SMILES string of the molecule is COc1ccc([C@@H]2CCCCCCCCO2)cc1. The molecule has 0 aliphatic carbocycles. The Balaban J connectivity index is 1.97. The molecule has 0 N–H and O–H groups in total. The highest BCUT2D eigenvalue weighted by molar-refractivity contribution is 5.28. The van der Waals surface area contributed by atoms with Gasteiger partial charge in [-0.1, -0.05) is 44.2 Å². The van der Waals surface area contributed by atoms with Gasteiger partial charge >= 0.3 is 0 Å². The number of benzene rings is 1. The molecule has 1 heterocycles. The molecule has 1 aliphatic heterocycles. The summed E-state index contributed by atoms with van der Waals surface area (Å²) in [5.41, 5.74) is 1.29. The molecular weight excluding hydrogens is 224 g/mol.